The highest BCUT2D eigenvalue weighted by Gasteiger charge is 2.36. The average Bonchev–Trinajstić information content (AvgIpc) is 2.81. The molecule has 2 rings (SSSR count). The second kappa shape index (κ2) is 13.3. The van der Waals surface area contributed by atoms with Crippen LogP contribution in [0.3, 0.4) is 0 Å². The molecule has 0 aliphatic heterocycles. The summed E-state index contributed by atoms with van der Waals surface area (Å²) in [6.07, 6.45) is -0.510. The van der Waals surface area contributed by atoms with Crippen LogP contribution in [0.25, 0.3) is 0 Å². The summed E-state index contributed by atoms with van der Waals surface area (Å²) in [5.41, 5.74) is 0.409. The third-order valence-electron chi connectivity index (χ3n) is 5.28. The minimum atomic E-state index is -1.22. The van der Waals surface area contributed by atoms with Crippen LogP contribution >= 0.6 is 0 Å². The Morgan fingerprint density at radius 1 is 1.08 bits per heavy atom. The molecule has 2 unspecified atom stereocenters. The van der Waals surface area contributed by atoms with Gasteiger partial charge in [0, 0.05) is 6.54 Å². The molecule has 198 valence electrons. The van der Waals surface area contributed by atoms with E-state index in [0.29, 0.717) is 5.56 Å². The maximum atomic E-state index is 13.8. The molecular weight excluding hydrogens is 472 g/mol. The first-order chi connectivity index (χ1) is 17.4. The lowest BCUT2D eigenvalue weighted by Gasteiger charge is -2.33. The molecule has 9 heteroatoms. The molecule has 0 heterocycles. The van der Waals surface area contributed by atoms with E-state index in [1.807, 2.05) is 50.2 Å². The zero-order valence-electron chi connectivity index (χ0n) is 22.0. The number of hydrogen-bond acceptors (Lipinski definition) is 6. The second-order valence-electron chi connectivity index (χ2n) is 10.2. The van der Waals surface area contributed by atoms with Crippen LogP contribution in [0, 0.1) is 17.2 Å². The van der Waals surface area contributed by atoms with Crippen molar-refractivity contribution in [3.63, 3.8) is 0 Å². The topological polar surface area (TPSA) is 132 Å². The van der Waals surface area contributed by atoms with Crippen LogP contribution in [0.4, 0.5) is 4.79 Å². The van der Waals surface area contributed by atoms with E-state index in [-0.39, 0.29) is 24.6 Å². The molecule has 2 aromatic carbocycles. The molecule has 0 bridgehead atoms. The Labute approximate surface area is 218 Å². The Morgan fingerprint density at radius 2 is 1.76 bits per heavy atom. The summed E-state index contributed by atoms with van der Waals surface area (Å²) in [5.74, 6) is -1.21. The Hall–Kier alpha value is -4.06. The van der Waals surface area contributed by atoms with Crippen LogP contribution in [0.1, 0.15) is 58.2 Å². The number of nitrogens with zero attached hydrogens (tertiary/aromatic N) is 2. The number of carbonyl (C=O) groups excluding carboxylic acids is 3. The quantitative estimate of drug-likeness (QED) is 0.415. The number of rotatable bonds is 10. The number of nitriles is 1. The van der Waals surface area contributed by atoms with E-state index in [1.54, 1.807) is 32.9 Å². The van der Waals surface area contributed by atoms with E-state index in [0.717, 1.165) is 10.5 Å². The van der Waals surface area contributed by atoms with E-state index in [4.69, 9.17) is 4.74 Å². The van der Waals surface area contributed by atoms with Gasteiger partial charge in [0.2, 0.25) is 11.8 Å². The maximum Gasteiger partial charge on any atom is 0.408 e. The number of phenolic OH excluding ortho intramolecular Hbond substituents is 1. The van der Waals surface area contributed by atoms with Crippen molar-refractivity contribution < 1.29 is 24.2 Å². The molecule has 0 aromatic heterocycles. The number of carbonyl (C=O) groups is 3. The van der Waals surface area contributed by atoms with Gasteiger partial charge < -0.3 is 25.4 Å². The van der Waals surface area contributed by atoms with Crippen LogP contribution in [0.2, 0.25) is 0 Å². The van der Waals surface area contributed by atoms with Gasteiger partial charge in [-0.2, -0.15) is 5.26 Å². The van der Waals surface area contributed by atoms with Gasteiger partial charge in [0.05, 0.1) is 6.07 Å². The molecule has 37 heavy (non-hydrogen) atoms. The Morgan fingerprint density at radius 3 is 2.32 bits per heavy atom. The molecule has 0 fully saturated rings. The smallest absolute Gasteiger partial charge is 0.408 e. The molecule has 0 spiro atoms. The van der Waals surface area contributed by atoms with Crippen molar-refractivity contribution in [1.29, 1.82) is 5.26 Å². The predicted octanol–water partition coefficient (Wildman–Crippen LogP) is 4.04. The molecule has 0 radical (unpaired) electrons. The molecule has 9 nitrogen and oxygen atoms in total. The lowest BCUT2D eigenvalue weighted by atomic mass is 9.99. The summed E-state index contributed by atoms with van der Waals surface area (Å²) in [7, 11) is 0. The first-order valence-corrected chi connectivity index (χ1v) is 12.2. The van der Waals surface area contributed by atoms with Crippen molar-refractivity contribution in [2.24, 2.45) is 5.92 Å². The number of amides is 3. The second-order valence-corrected chi connectivity index (χ2v) is 10.2. The summed E-state index contributed by atoms with van der Waals surface area (Å²) in [6.45, 7) is 8.71. The fourth-order valence-corrected chi connectivity index (χ4v) is 3.76. The van der Waals surface area contributed by atoms with Gasteiger partial charge in [0.15, 0.2) is 0 Å². The van der Waals surface area contributed by atoms with Crippen molar-refractivity contribution in [2.75, 3.05) is 6.54 Å². The zero-order valence-corrected chi connectivity index (χ0v) is 22.0. The first-order valence-electron chi connectivity index (χ1n) is 12.2. The van der Waals surface area contributed by atoms with E-state index in [1.165, 1.54) is 12.1 Å². The molecule has 0 saturated heterocycles. The van der Waals surface area contributed by atoms with Gasteiger partial charge in [0.25, 0.3) is 0 Å². The van der Waals surface area contributed by atoms with Gasteiger partial charge >= 0.3 is 6.09 Å². The predicted molar refractivity (Wildman–Crippen MR) is 139 cm³/mol. The monoisotopic (exact) mass is 508 g/mol. The summed E-state index contributed by atoms with van der Waals surface area (Å²) >= 11 is 0. The minimum absolute atomic E-state index is 0.0129. The number of ether oxygens (including phenoxy) is 1. The molecule has 0 aliphatic carbocycles. The Balaban J connectivity index is 2.43. The molecule has 2 aromatic rings. The minimum Gasteiger partial charge on any atom is -0.508 e. The van der Waals surface area contributed by atoms with Crippen LogP contribution in [-0.4, -0.2) is 46.1 Å². The fraction of sp³-hybridized carbons (Fsp3) is 0.429. The number of phenols is 1. The van der Waals surface area contributed by atoms with Crippen molar-refractivity contribution >= 4 is 17.9 Å². The third-order valence-corrected chi connectivity index (χ3v) is 5.28. The summed E-state index contributed by atoms with van der Waals surface area (Å²) in [6, 6.07) is 14.9. The van der Waals surface area contributed by atoms with Crippen molar-refractivity contribution in [3.05, 3.63) is 65.7 Å². The first kappa shape index (κ1) is 29.2. The van der Waals surface area contributed by atoms with Crippen LogP contribution in [-0.2, 0) is 20.9 Å². The molecule has 0 aliphatic rings. The van der Waals surface area contributed by atoms with E-state index in [2.05, 4.69) is 10.6 Å². The number of aromatic hydroxyl groups is 1. The van der Waals surface area contributed by atoms with Crippen LogP contribution in [0.5, 0.6) is 5.75 Å². The maximum absolute atomic E-state index is 13.8. The number of nitrogens with one attached hydrogen (secondary N) is 2. The number of benzene rings is 2. The van der Waals surface area contributed by atoms with Crippen molar-refractivity contribution in [2.45, 2.75) is 65.3 Å². The SMILES string of the molecule is CC(C)CC(NC(=O)OC(C)(C)C)C(=O)N(CC#N)C(C(=O)NCc1ccccc1)c1cccc(O)c1. The number of alkyl carbamates (subject to hydrolysis) is 1. The van der Waals surface area contributed by atoms with Crippen LogP contribution < -0.4 is 10.6 Å². The van der Waals surface area contributed by atoms with E-state index < -0.39 is 42.1 Å². The summed E-state index contributed by atoms with van der Waals surface area (Å²) in [4.78, 5) is 41.0. The molecule has 3 amide bonds. The molecule has 3 N–H and O–H groups in total. The van der Waals surface area contributed by atoms with Gasteiger partial charge in [-0.15, -0.1) is 0 Å². The van der Waals surface area contributed by atoms with E-state index >= 15 is 0 Å². The average molecular weight is 509 g/mol. The number of hydrogen-bond donors (Lipinski definition) is 3. The highest BCUT2D eigenvalue weighted by molar-refractivity contribution is 5.92. The van der Waals surface area contributed by atoms with E-state index in [9.17, 15) is 24.8 Å². The largest absolute Gasteiger partial charge is 0.508 e. The highest BCUT2D eigenvalue weighted by atomic mass is 16.6. The summed E-state index contributed by atoms with van der Waals surface area (Å²) in [5, 5.41) is 25.1. The lowest BCUT2D eigenvalue weighted by Crippen LogP contribution is -2.53. The highest BCUT2D eigenvalue weighted by Crippen LogP contribution is 2.26. The van der Waals surface area contributed by atoms with Crippen LogP contribution in [0.15, 0.2) is 54.6 Å². The lowest BCUT2D eigenvalue weighted by molar-refractivity contribution is -0.142. The van der Waals surface area contributed by atoms with Crippen molar-refractivity contribution in [3.8, 4) is 11.8 Å². The fourth-order valence-electron chi connectivity index (χ4n) is 3.76. The molecule has 0 saturated carbocycles. The third kappa shape index (κ3) is 9.49. The molecular formula is C28H36N4O5. The zero-order chi connectivity index (χ0) is 27.6. The van der Waals surface area contributed by atoms with Crippen molar-refractivity contribution in [1.82, 2.24) is 15.5 Å². The molecule has 2 atom stereocenters. The summed E-state index contributed by atoms with van der Waals surface area (Å²) < 4.78 is 5.34. The van der Waals surface area contributed by atoms with Gasteiger partial charge in [-0.3, -0.25) is 9.59 Å². The van der Waals surface area contributed by atoms with Gasteiger partial charge in [-0.05, 0) is 56.4 Å². The van der Waals surface area contributed by atoms with Gasteiger partial charge in [-0.25, -0.2) is 4.79 Å². The normalized spacial score (nSPS) is 12.7. The van der Waals surface area contributed by atoms with Gasteiger partial charge in [0.1, 0.15) is 30.0 Å². The van der Waals surface area contributed by atoms with Gasteiger partial charge in [-0.1, -0.05) is 56.3 Å². The standard InChI is InChI=1S/C28H36N4O5/c1-19(2)16-23(31-27(36)37-28(3,4)5)26(35)32(15-14-29)24(21-12-9-13-22(33)17-21)25(34)30-18-20-10-7-6-8-11-20/h6-13,17,19,23-24,33H,15-16,18H2,1-5H3,(H,30,34)(H,31,36). The Kier molecular flexibility index (Phi) is 10.5. The Bertz CT molecular complexity index is 1110.